The second kappa shape index (κ2) is 9.96. The van der Waals surface area contributed by atoms with Crippen LogP contribution in [0, 0.1) is 0 Å². The van der Waals surface area contributed by atoms with E-state index in [-0.39, 0.29) is 82.3 Å². The number of nitrogens with one attached hydrogen (secondary N) is 1. The van der Waals surface area contributed by atoms with Crippen molar-refractivity contribution in [2.45, 2.75) is 31.3 Å². The third-order valence-electron chi connectivity index (χ3n) is 7.81. The van der Waals surface area contributed by atoms with Gasteiger partial charge in [-0.2, -0.15) is 0 Å². The Balaban J connectivity index is 1.72. The van der Waals surface area contributed by atoms with E-state index in [2.05, 4.69) is 11.9 Å². The fourth-order valence-corrected chi connectivity index (χ4v) is 6.00. The number of likely N-dealkylation sites (N-methyl/N-ethyl adjacent to an activating group) is 1. The number of piperazine rings is 1. The molecule has 0 aliphatic carbocycles. The molecule has 206 valence electrons. The SMILES string of the molecule is C=CC(=O)N1CCN2C(=O)c3c(N4CCC[C@@]4(C)C(=O)NC)nc(-c4c(O)cccc4O)c(Cl)c3OCC2C1. The number of phenols is 2. The molecule has 1 aromatic carbocycles. The van der Waals surface area contributed by atoms with Gasteiger partial charge < -0.3 is 35.0 Å². The lowest BCUT2D eigenvalue weighted by Crippen LogP contribution is -2.57. The average molecular weight is 556 g/mol. The first-order valence-corrected chi connectivity index (χ1v) is 13.1. The fraction of sp³-hybridized carbons (Fsp3) is 0.407. The molecule has 11 nitrogen and oxygen atoms in total. The second-order valence-corrected chi connectivity index (χ2v) is 10.4. The quantitative estimate of drug-likeness (QED) is 0.488. The highest BCUT2D eigenvalue weighted by Gasteiger charge is 2.48. The maximum atomic E-state index is 14.2. The Morgan fingerprint density at radius 1 is 1.23 bits per heavy atom. The van der Waals surface area contributed by atoms with Crippen LogP contribution in [0.2, 0.25) is 5.02 Å². The standard InChI is InChI=1S/C27H30ClN5O6/c1-4-18(36)31-11-12-32-15(13-31)14-39-23-20(25(32)37)24(33-10-6-9-27(33,2)26(38)29-3)30-22(21(23)28)19-16(34)7-5-8-17(19)35/h4-5,7-8,15,34-35H,1,6,9-14H2,2-3H3,(H,29,38)/t15?,27-/m0/s1. The summed E-state index contributed by atoms with van der Waals surface area (Å²) in [7, 11) is 1.55. The molecule has 2 saturated heterocycles. The molecule has 2 fully saturated rings. The van der Waals surface area contributed by atoms with Gasteiger partial charge in [0.1, 0.15) is 45.7 Å². The van der Waals surface area contributed by atoms with Crippen molar-refractivity contribution in [1.82, 2.24) is 20.1 Å². The van der Waals surface area contributed by atoms with E-state index < -0.39 is 11.6 Å². The minimum Gasteiger partial charge on any atom is -0.507 e. The van der Waals surface area contributed by atoms with Crippen molar-refractivity contribution < 1.29 is 29.3 Å². The molecule has 4 heterocycles. The van der Waals surface area contributed by atoms with Crippen LogP contribution in [0.4, 0.5) is 5.82 Å². The first kappa shape index (κ1) is 26.6. The number of phenolic OH excluding ortho intramolecular Hbond substituents is 2. The third kappa shape index (κ3) is 4.21. The van der Waals surface area contributed by atoms with E-state index in [9.17, 15) is 24.6 Å². The van der Waals surface area contributed by atoms with E-state index in [4.69, 9.17) is 21.3 Å². The van der Waals surface area contributed by atoms with Crippen molar-refractivity contribution >= 4 is 35.1 Å². The van der Waals surface area contributed by atoms with Gasteiger partial charge in [0.15, 0.2) is 5.75 Å². The van der Waals surface area contributed by atoms with Crippen LogP contribution in [0.3, 0.4) is 0 Å². The van der Waals surface area contributed by atoms with Crippen molar-refractivity contribution in [3.05, 3.63) is 41.4 Å². The number of nitrogens with zero attached hydrogens (tertiary/aromatic N) is 4. The molecule has 0 saturated carbocycles. The number of hydrogen-bond acceptors (Lipinski definition) is 8. The summed E-state index contributed by atoms with van der Waals surface area (Å²) in [5, 5.41) is 23.9. The molecule has 3 N–H and O–H groups in total. The highest BCUT2D eigenvalue weighted by Crippen LogP contribution is 2.49. The third-order valence-corrected chi connectivity index (χ3v) is 8.16. The van der Waals surface area contributed by atoms with Gasteiger partial charge >= 0.3 is 0 Å². The molecule has 0 spiro atoms. The van der Waals surface area contributed by atoms with Crippen molar-refractivity contribution in [1.29, 1.82) is 0 Å². The van der Waals surface area contributed by atoms with Crippen LogP contribution in [0.5, 0.6) is 17.2 Å². The van der Waals surface area contributed by atoms with Gasteiger partial charge in [0, 0.05) is 33.2 Å². The summed E-state index contributed by atoms with van der Waals surface area (Å²) in [5.41, 5.74) is -0.930. The molecule has 0 bridgehead atoms. The molecular weight excluding hydrogens is 526 g/mol. The smallest absolute Gasteiger partial charge is 0.261 e. The van der Waals surface area contributed by atoms with Gasteiger partial charge in [0.2, 0.25) is 11.8 Å². The minimum atomic E-state index is -1.03. The predicted octanol–water partition coefficient (Wildman–Crippen LogP) is 2.15. The summed E-state index contributed by atoms with van der Waals surface area (Å²) >= 11 is 6.83. The van der Waals surface area contributed by atoms with E-state index >= 15 is 0 Å². The highest BCUT2D eigenvalue weighted by molar-refractivity contribution is 6.35. The van der Waals surface area contributed by atoms with Crippen molar-refractivity contribution in [3.63, 3.8) is 0 Å². The molecule has 3 aliphatic rings. The first-order chi connectivity index (χ1) is 18.6. The first-order valence-electron chi connectivity index (χ1n) is 12.7. The molecule has 5 rings (SSSR count). The van der Waals surface area contributed by atoms with Crippen LogP contribution >= 0.6 is 11.6 Å². The summed E-state index contributed by atoms with van der Waals surface area (Å²) in [5.74, 6) is -1.17. The Kier molecular flexibility index (Phi) is 6.79. The summed E-state index contributed by atoms with van der Waals surface area (Å²) in [6.07, 6.45) is 2.42. The Labute approximate surface area is 230 Å². The molecule has 3 aliphatic heterocycles. The predicted molar refractivity (Wildman–Crippen MR) is 144 cm³/mol. The van der Waals surface area contributed by atoms with Crippen LogP contribution in [-0.2, 0) is 9.59 Å². The number of carbonyl (C=O) groups excluding carboxylic acids is 3. The minimum absolute atomic E-state index is 0.0170. The van der Waals surface area contributed by atoms with E-state index in [0.29, 0.717) is 25.9 Å². The maximum Gasteiger partial charge on any atom is 0.261 e. The number of rotatable bonds is 4. The van der Waals surface area contributed by atoms with E-state index in [1.807, 2.05) is 0 Å². The molecule has 1 aromatic heterocycles. The molecule has 0 radical (unpaired) electrons. The molecular formula is C27H30ClN5O6. The van der Waals surface area contributed by atoms with Gasteiger partial charge in [-0.05, 0) is 38.0 Å². The van der Waals surface area contributed by atoms with Crippen molar-refractivity contribution in [3.8, 4) is 28.5 Å². The molecule has 39 heavy (non-hydrogen) atoms. The summed E-state index contributed by atoms with van der Waals surface area (Å²) in [4.78, 5) is 49.3. The summed E-state index contributed by atoms with van der Waals surface area (Å²) in [6, 6.07) is 3.79. The lowest BCUT2D eigenvalue weighted by Gasteiger charge is -2.40. The van der Waals surface area contributed by atoms with E-state index in [1.165, 1.54) is 24.3 Å². The number of aromatic nitrogens is 1. The summed E-state index contributed by atoms with van der Waals surface area (Å²) < 4.78 is 6.19. The molecule has 2 aromatic rings. The normalized spacial score (nSPS) is 22.5. The Morgan fingerprint density at radius 3 is 2.62 bits per heavy atom. The Morgan fingerprint density at radius 2 is 1.95 bits per heavy atom. The number of halogens is 1. The lowest BCUT2D eigenvalue weighted by atomic mass is 9.96. The van der Waals surface area contributed by atoms with Gasteiger partial charge in [-0.15, -0.1) is 0 Å². The Hall–Kier alpha value is -3.99. The van der Waals surface area contributed by atoms with Crippen LogP contribution in [-0.4, -0.2) is 94.1 Å². The number of fused-ring (bicyclic) bond motifs is 2. The van der Waals surface area contributed by atoms with Crippen LogP contribution in [0.1, 0.15) is 30.1 Å². The lowest BCUT2D eigenvalue weighted by molar-refractivity contribution is -0.128. The van der Waals surface area contributed by atoms with Gasteiger partial charge in [0.05, 0.1) is 11.6 Å². The fourth-order valence-electron chi connectivity index (χ4n) is 5.72. The van der Waals surface area contributed by atoms with Gasteiger partial charge in [-0.1, -0.05) is 24.2 Å². The van der Waals surface area contributed by atoms with Crippen molar-refractivity contribution in [2.75, 3.05) is 44.7 Å². The monoisotopic (exact) mass is 555 g/mol. The van der Waals surface area contributed by atoms with E-state index in [1.54, 1.807) is 28.7 Å². The topological polar surface area (TPSA) is 136 Å². The van der Waals surface area contributed by atoms with Crippen molar-refractivity contribution in [2.24, 2.45) is 0 Å². The van der Waals surface area contributed by atoms with E-state index in [0.717, 1.165) is 0 Å². The largest absolute Gasteiger partial charge is 0.507 e. The van der Waals surface area contributed by atoms with Crippen LogP contribution in [0.25, 0.3) is 11.3 Å². The maximum absolute atomic E-state index is 14.2. The van der Waals surface area contributed by atoms with Gasteiger partial charge in [0.25, 0.3) is 5.91 Å². The number of aromatic hydroxyl groups is 2. The molecule has 3 amide bonds. The zero-order chi connectivity index (χ0) is 28.1. The van der Waals surface area contributed by atoms with Crippen LogP contribution < -0.4 is 15.0 Å². The number of pyridine rings is 1. The number of hydrogen-bond donors (Lipinski definition) is 3. The number of anilines is 1. The zero-order valence-corrected chi connectivity index (χ0v) is 22.5. The molecule has 12 heteroatoms. The number of carbonyl (C=O) groups is 3. The van der Waals surface area contributed by atoms with Gasteiger partial charge in [-0.25, -0.2) is 4.98 Å². The number of amides is 3. The number of benzene rings is 1. The zero-order valence-electron chi connectivity index (χ0n) is 21.7. The Bertz CT molecular complexity index is 1360. The van der Waals surface area contributed by atoms with Gasteiger partial charge in [-0.3, -0.25) is 14.4 Å². The highest BCUT2D eigenvalue weighted by atomic mass is 35.5. The van der Waals surface area contributed by atoms with Crippen LogP contribution in [0.15, 0.2) is 30.9 Å². The summed E-state index contributed by atoms with van der Waals surface area (Å²) in [6.45, 7) is 6.63. The second-order valence-electron chi connectivity index (χ2n) is 10.0. The number of ether oxygens (including phenoxy) is 1. The molecule has 1 unspecified atom stereocenters. The molecule has 2 atom stereocenters. The average Bonchev–Trinajstić information content (AvgIpc) is 3.26.